The molecular formula is C22H20N4O2. The number of pyridine rings is 1. The molecule has 6 nitrogen and oxygen atoms in total. The van der Waals surface area contributed by atoms with Crippen LogP contribution in [0.3, 0.4) is 0 Å². The number of carbonyl (C=O) groups excluding carboxylic acids is 1. The maximum atomic E-state index is 12.3. The third kappa shape index (κ3) is 3.74. The maximum Gasteiger partial charge on any atom is 0.410 e. The third-order valence-corrected chi connectivity index (χ3v) is 4.87. The van der Waals surface area contributed by atoms with Gasteiger partial charge >= 0.3 is 6.09 Å². The molecule has 1 saturated heterocycles. The molecule has 0 spiro atoms. The Hall–Kier alpha value is -3.59. The molecule has 1 aliphatic rings. The lowest BCUT2D eigenvalue weighted by molar-refractivity contribution is 0.0941. The number of nitrogens with zero attached hydrogens (tertiary/aromatic N) is 4. The zero-order chi connectivity index (χ0) is 19.3. The second-order valence-electron chi connectivity index (χ2n) is 6.68. The summed E-state index contributed by atoms with van der Waals surface area (Å²) in [4.78, 5) is 20.8. The first-order valence-electron chi connectivity index (χ1n) is 9.25. The van der Waals surface area contributed by atoms with Gasteiger partial charge in [-0.05, 0) is 17.7 Å². The van der Waals surface area contributed by atoms with Crippen LogP contribution in [0.25, 0.3) is 10.9 Å². The van der Waals surface area contributed by atoms with E-state index in [2.05, 4.69) is 16.0 Å². The summed E-state index contributed by atoms with van der Waals surface area (Å²) in [6.07, 6.45) is -0.310. The number of amides is 1. The highest BCUT2D eigenvalue weighted by Crippen LogP contribution is 2.24. The molecule has 0 N–H and O–H groups in total. The molecule has 140 valence electrons. The molecule has 4 rings (SSSR count). The van der Waals surface area contributed by atoms with Gasteiger partial charge in [0.15, 0.2) is 0 Å². The molecule has 1 aliphatic heterocycles. The van der Waals surface area contributed by atoms with Crippen molar-refractivity contribution in [1.82, 2.24) is 9.88 Å². The van der Waals surface area contributed by atoms with Crippen molar-refractivity contribution in [3.8, 4) is 6.07 Å². The van der Waals surface area contributed by atoms with Crippen LogP contribution in [0.1, 0.15) is 11.1 Å². The summed E-state index contributed by atoms with van der Waals surface area (Å²) < 4.78 is 5.41. The Kier molecular flexibility index (Phi) is 5.07. The number of hydrogen-bond donors (Lipinski definition) is 0. The van der Waals surface area contributed by atoms with Gasteiger partial charge in [0.25, 0.3) is 0 Å². The zero-order valence-corrected chi connectivity index (χ0v) is 15.4. The Balaban J connectivity index is 1.41. The van der Waals surface area contributed by atoms with Gasteiger partial charge in [-0.3, -0.25) is 0 Å². The maximum absolute atomic E-state index is 12.3. The monoisotopic (exact) mass is 372 g/mol. The fourth-order valence-electron chi connectivity index (χ4n) is 3.34. The van der Waals surface area contributed by atoms with Crippen LogP contribution in [0, 0.1) is 11.3 Å². The number of nitriles is 1. The molecule has 2 aromatic carbocycles. The van der Waals surface area contributed by atoms with Crippen LogP contribution in [-0.2, 0) is 11.3 Å². The van der Waals surface area contributed by atoms with Crippen molar-refractivity contribution in [2.24, 2.45) is 0 Å². The van der Waals surface area contributed by atoms with E-state index in [4.69, 9.17) is 4.74 Å². The average molecular weight is 372 g/mol. The smallest absolute Gasteiger partial charge is 0.410 e. The van der Waals surface area contributed by atoms with E-state index in [-0.39, 0.29) is 12.7 Å². The molecule has 1 fully saturated rings. The molecular weight excluding hydrogens is 352 g/mol. The summed E-state index contributed by atoms with van der Waals surface area (Å²) in [6.45, 7) is 2.56. The van der Waals surface area contributed by atoms with Crippen molar-refractivity contribution in [2.45, 2.75) is 6.61 Å². The summed E-state index contributed by atoms with van der Waals surface area (Å²) in [5, 5.41) is 10.5. The van der Waals surface area contributed by atoms with Crippen LogP contribution in [0.4, 0.5) is 10.6 Å². The summed E-state index contributed by atoms with van der Waals surface area (Å²) >= 11 is 0. The predicted octanol–water partition coefficient (Wildman–Crippen LogP) is 3.57. The molecule has 0 atom stereocenters. The lowest BCUT2D eigenvalue weighted by Crippen LogP contribution is -2.49. The van der Waals surface area contributed by atoms with Crippen molar-refractivity contribution in [2.75, 3.05) is 31.1 Å². The number of benzene rings is 2. The zero-order valence-electron chi connectivity index (χ0n) is 15.4. The largest absolute Gasteiger partial charge is 0.445 e. The van der Waals surface area contributed by atoms with Crippen molar-refractivity contribution >= 4 is 22.8 Å². The number of piperazine rings is 1. The van der Waals surface area contributed by atoms with Gasteiger partial charge in [0, 0.05) is 31.6 Å². The minimum absolute atomic E-state index is 0.269. The summed E-state index contributed by atoms with van der Waals surface area (Å²) in [6, 6.07) is 21.5. The second-order valence-corrected chi connectivity index (χ2v) is 6.68. The number of aromatic nitrogens is 1. The van der Waals surface area contributed by atoms with E-state index in [1.807, 2.05) is 60.7 Å². The Morgan fingerprint density at radius 2 is 1.75 bits per heavy atom. The van der Waals surface area contributed by atoms with Crippen molar-refractivity contribution < 1.29 is 9.53 Å². The Labute approximate surface area is 163 Å². The molecule has 0 bridgehead atoms. The number of hydrogen-bond acceptors (Lipinski definition) is 5. The van der Waals surface area contributed by atoms with Gasteiger partial charge in [-0.25, -0.2) is 9.78 Å². The van der Waals surface area contributed by atoms with E-state index in [0.29, 0.717) is 37.6 Å². The van der Waals surface area contributed by atoms with Gasteiger partial charge in [0.1, 0.15) is 18.5 Å². The summed E-state index contributed by atoms with van der Waals surface area (Å²) in [5.74, 6) is 0.679. The highest BCUT2D eigenvalue weighted by Gasteiger charge is 2.24. The van der Waals surface area contributed by atoms with Gasteiger partial charge in [-0.15, -0.1) is 0 Å². The van der Waals surface area contributed by atoms with Gasteiger partial charge in [0.05, 0.1) is 11.1 Å². The summed E-state index contributed by atoms with van der Waals surface area (Å²) in [7, 11) is 0. The standard InChI is InChI=1S/C22H20N4O2/c23-15-19-14-18-8-4-5-9-20(18)24-21(19)25-10-12-26(13-11-25)22(27)28-16-17-6-2-1-3-7-17/h1-9,14H,10-13,16H2. The van der Waals surface area contributed by atoms with Crippen LogP contribution in [0.5, 0.6) is 0 Å². The van der Waals surface area contributed by atoms with Crippen LogP contribution in [-0.4, -0.2) is 42.2 Å². The van der Waals surface area contributed by atoms with Crippen molar-refractivity contribution in [3.05, 3.63) is 71.8 Å². The van der Waals surface area contributed by atoms with E-state index >= 15 is 0 Å². The summed E-state index contributed by atoms with van der Waals surface area (Å²) in [5.41, 5.74) is 2.38. The van der Waals surface area contributed by atoms with Gasteiger partial charge in [-0.1, -0.05) is 48.5 Å². The van der Waals surface area contributed by atoms with Crippen LogP contribution < -0.4 is 4.90 Å². The second kappa shape index (κ2) is 7.97. The number of rotatable bonds is 3. The molecule has 1 amide bonds. The number of anilines is 1. The minimum Gasteiger partial charge on any atom is -0.445 e. The predicted molar refractivity (Wildman–Crippen MR) is 107 cm³/mol. The first-order valence-corrected chi connectivity index (χ1v) is 9.25. The molecule has 0 saturated carbocycles. The van der Waals surface area contributed by atoms with E-state index < -0.39 is 0 Å². The highest BCUT2D eigenvalue weighted by atomic mass is 16.6. The number of ether oxygens (including phenoxy) is 1. The average Bonchev–Trinajstić information content (AvgIpc) is 2.77. The quantitative estimate of drug-likeness (QED) is 0.703. The van der Waals surface area contributed by atoms with E-state index in [1.54, 1.807) is 4.90 Å². The Morgan fingerprint density at radius 3 is 2.50 bits per heavy atom. The molecule has 2 heterocycles. The lowest BCUT2D eigenvalue weighted by atomic mass is 10.1. The Bertz CT molecular complexity index is 1020. The van der Waals surface area contributed by atoms with Gasteiger partial charge in [-0.2, -0.15) is 5.26 Å². The topological polar surface area (TPSA) is 69.5 Å². The SMILES string of the molecule is N#Cc1cc2ccccc2nc1N1CCN(C(=O)OCc2ccccc2)CC1. The van der Waals surface area contributed by atoms with E-state index in [9.17, 15) is 10.1 Å². The third-order valence-electron chi connectivity index (χ3n) is 4.87. The molecule has 0 radical (unpaired) electrons. The number of para-hydroxylation sites is 1. The first kappa shape index (κ1) is 17.8. The highest BCUT2D eigenvalue weighted by molar-refractivity contribution is 5.83. The molecule has 28 heavy (non-hydrogen) atoms. The lowest BCUT2D eigenvalue weighted by Gasteiger charge is -2.35. The fourth-order valence-corrected chi connectivity index (χ4v) is 3.34. The van der Waals surface area contributed by atoms with E-state index in [0.717, 1.165) is 16.5 Å². The van der Waals surface area contributed by atoms with Crippen LogP contribution in [0.2, 0.25) is 0 Å². The molecule has 0 unspecified atom stereocenters. The van der Waals surface area contributed by atoms with Gasteiger partial charge < -0.3 is 14.5 Å². The van der Waals surface area contributed by atoms with Crippen LogP contribution >= 0.6 is 0 Å². The van der Waals surface area contributed by atoms with Gasteiger partial charge in [0.2, 0.25) is 0 Å². The molecule has 1 aromatic heterocycles. The van der Waals surface area contributed by atoms with Crippen molar-refractivity contribution in [1.29, 1.82) is 5.26 Å². The fraction of sp³-hybridized carbons (Fsp3) is 0.227. The Morgan fingerprint density at radius 1 is 1.04 bits per heavy atom. The molecule has 0 aliphatic carbocycles. The minimum atomic E-state index is -0.310. The molecule has 6 heteroatoms. The molecule has 3 aromatic rings. The van der Waals surface area contributed by atoms with E-state index in [1.165, 1.54) is 0 Å². The van der Waals surface area contributed by atoms with Crippen molar-refractivity contribution in [3.63, 3.8) is 0 Å². The first-order chi connectivity index (χ1) is 13.7. The number of carbonyl (C=O) groups is 1. The normalized spacial score (nSPS) is 14.0. The van der Waals surface area contributed by atoms with Crippen LogP contribution in [0.15, 0.2) is 60.7 Å². The number of fused-ring (bicyclic) bond motifs is 1.